The van der Waals surface area contributed by atoms with Crippen molar-refractivity contribution in [2.24, 2.45) is 0 Å². The van der Waals surface area contributed by atoms with E-state index in [4.69, 9.17) is 0 Å². The summed E-state index contributed by atoms with van der Waals surface area (Å²) < 4.78 is 0. The van der Waals surface area contributed by atoms with E-state index >= 15 is 0 Å². The van der Waals surface area contributed by atoms with Crippen LogP contribution in [0.5, 0.6) is 0 Å². The third kappa shape index (κ3) is 1.80. The second-order valence-electron chi connectivity index (χ2n) is 2.80. The first-order chi connectivity index (χ1) is 6.40. The van der Waals surface area contributed by atoms with Gasteiger partial charge in [-0.2, -0.15) is 5.10 Å². The summed E-state index contributed by atoms with van der Waals surface area (Å²) in [6.07, 6.45) is 1.76. The van der Waals surface area contributed by atoms with Gasteiger partial charge < -0.3 is 0 Å². The fourth-order valence-corrected chi connectivity index (χ4v) is 1.59. The van der Waals surface area contributed by atoms with E-state index in [0.29, 0.717) is 0 Å². The minimum Gasteiger partial charge on any atom is -0.278 e. The van der Waals surface area contributed by atoms with E-state index in [1.54, 1.807) is 6.20 Å². The molecule has 0 aliphatic carbocycles. The average molecular weight is 237 g/mol. The summed E-state index contributed by atoms with van der Waals surface area (Å²) in [5.74, 6) is 0. The Bertz CT molecular complexity index is 382. The number of alkyl halides is 1. The van der Waals surface area contributed by atoms with E-state index in [2.05, 4.69) is 44.3 Å². The van der Waals surface area contributed by atoms with Gasteiger partial charge in [0.15, 0.2) is 0 Å². The van der Waals surface area contributed by atoms with Gasteiger partial charge in [0.1, 0.15) is 0 Å². The predicted molar refractivity (Wildman–Crippen MR) is 56.7 cm³/mol. The van der Waals surface area contributed by atoms with Crippen LogP contribution in [0.15, 0.2) is 36.5 Å². The van der Waals surface area contributed by atoms with E-state index in [1.165, 1.54) is 11.1 Å². The molecule has 0 atom stereocenters. The number of rotatable bonds is 2. The molecule has 66 valence electrons. The van der Waals surface area contributed by atoms with Crippen molar-refractivity contribution in [1.82, 2.24) is 10.2 Å². The topological polar surface area (TPSA) is 28.7 Å². The molecule has 0 amide bonds. The molecule has 1 heterocycles. The molecule has 1 aromatic heterocycles. The molecule has 2 rings (SSSR count). The Kier molecular flexibility index (Phi) is 2.45. The van der Waals surface area contributed by atoms with Crippen molar-refractivity contribution in [3.63, 3.8) is 0 Å². The highest BCUT2D eigenvalue weighted by Crippen LogP contribution is 2.18. The van der Waals surface area contributed by atoms with Gasteiger partial charge in [-0.25, -0.2) is 0 Å². The van der Waals surface area contributed by atoms with Gasteiger partial charge in [0.05, 0.1) is 5.69 Å². The van der Waals surface area contributed by atoms with E-state index in [1.807, 2.05) is 12.1 Å². The van der Waals surface area contributed by atoms with E-state index in [0.717, 1.165) is 11.0 Å². The normalized spacial score (nSPS) is 10.2. The van der Waals surface area contributed by atoms with Crippen LogP contribution in [-0.4, -0.2) is 10.2 Å². The predicted octanol–water partition coefficient (Wildman–Crippen LogP) is 2.97. The fourth-order valence-electron chi connectivity index (χ4n) is 1.24. The highest BCUT2D eigenvalue weighted by Gasteiger charge is 1.98. The maximum atomic E-state index is 3.92. The summed E-state index contributed by atoms with van der Waals surface area (Å²) in [4.78, 5) is 0. The molecule has 0 radical (unpaired) electrons. The summed E-state index contributed by atoms with van der Waals surface area (Å²) in [6.45, 7) is 0. The fraction of sp³-hybridized carbons (Fsp3) is 0.100. The second-order valence-corrected chi connectivity index (χ2v) is 3.37. The number of benzene rings is 1. The van der Waals surface area contributed by atoms with E-state index < -0.39 is 0 Å². The van der Waals surface area contributed by atoms with E-state index in [-0.39, 0.29) is 0 Å². The van der Waals surface area contributed by atoms with Crippen molar-refractivity contribution in [3.05, 3.63) is 42.1 Å². The minimum atomic E-state index is 0.884. The van der Waals surface area contributed by atoms with Gasteiger partial charge in [-0.15, -0.1) is 0 Å². The van der Waals surface area contributed by atoms with Crippen LogP contribution in [0.25, 0.3) is 11.3 Å². The molecule has 2 aromatic rings. The number of halogens is 1. The Morgan fingerprint density at radius 3 is 2.92 bits per heavy atom. The summed E-state index contributed by atoms with van der Waals surface area (Å²) in [7, 11) is 0. The van der Waals surface area contributed by atoms with Crippen LogP contribution in [0.4, 0.5) is 0 Å². The zero-order valence-electron chi connectivity index (χ0n) is 7.00. The maximum Gasteiger partial charge on any atom is 0.0650 e. The molecule has 3 heteroatoms. The van der Waals surface area contributed by atoms with E-state index in [9.17, 15) is 0 Å². The van der Waals surface area contributed by atoms with Crippen LogP contribution in [0.2, 0.25) is 0 Å². The largest absolute Gasteiger partial charge is 0.278 e. The summed E-state index contributed by atoms with van der Waals surface area (Å²) in [6, 6.07) is 10.3. The Morgan fingerprint density at radius 1 is 1.31 bits per heavy atom. The molecule has 13 heavy (non-hydrogen) atoms. The van der Waals surface area contributed by atoms with Crippen LogP contribution < -0.4 is 0 Å². The maximum absolute atomic E-state index is 3.92. The van der Waals surface area contributed by atoms with Gasteiger partial charge in [0.25, 0.3) is 0 Å². The minimum absolute atomic E-state index is 0.884. The van der Waals surface area contributed by atoms with Crippen LogP contribution in [0.3, 0.4) is 0 Å². The molecule has 0 fully saturated rings. The molecule has 1 aromatic carbocycles. The molecule has 0 aliphatic rings. The third-order valence-electron chi connectivity index (χ3n) is 1.89. The quantitative estimate of drug-likeness (QED) is 0.799. The molecule has 0 spiro atoms. The van der Waals surface area contributed by atoms with Gasteiger partial charge >= 0.3 is 0 Å². The van der Waals surface area contributed by atoms with Crippen molar-refractivity contribution in [2.75, 3.05) is 0 Å². The molecular formula is C10H9BrN2. The van der Waals surface area contributed by atoms with Gasteiger partial charge in [-0.3, -0.25) is 5.10 Å². The highest BCUT2D eigenvalue weighted by molar-refractivity contribution is 9.08. The highest BCUT2D eigenvalue weighted by atomic mass is 79.9. The summed E-state index contributed by atoms with van der Waals surface area (Å²) >= 11 is 3.43. The SMILES string of the molecule is BrCc1cccc(-c2ccn[nH]2)c1. The van der Waals surface area contributed by atoms with Gasteiger partial charge in [0.2, 0.25) is 0 Å². The number of aromatic nitrogens is 2. The lowest BCUT2D eigenvalue weighted by atomic mass is 10.1. The molecule has 0 saturated carbocycles. The van der Waals surface area contributed by atoms with Crippen LogP contribution in [0, 0.1) is 0 Å². The first kappa shape index (κ1) is 8.51. The summed E-state index contributed by atoms with van der Waals surface area (Å²) in [5.41, 5.74) is 3.50. The van der Waals surface area contributed by atoms with Gasteiger partial charge in [0, 0.05) is 11.5 Å². The number of hydrogen-bond acceptors (Lipinski definition) is 1. The molecule has 0 aliphatic heterocycles. The number of aromatic amines is 1. The van der Waals surface area contributed by atoms with Crippen LogP contribution in [0.1, 0.15) is 5.56 Å². The molecule has 0 bridgehead atoms. The zero-order valence-corrected chi connectivity index (χ0v) is 8.58. The van der Waals surface area contributed by atoms with Crippen molar-refractivity contribution in [1.29, 1.82) is 0 Å². The number of nitrogens with one attached hydrogen (secondary N) is 1. The Labute approximate surface area is 85.1 Å². The Hall–Kier alpha value is -1.09. The van der Waals surface area contributed by atoms with Crippen molar-refractivity contribution in [3.8, 4) is 11.3 Å². The molecule has 1 N–H and O–H groups in total. The molecule has 0 saturated heterocycles. The first-order valence-electron chi connectivity index (χ1n) is 4.05. The number of nitrogens with zero attached hydrogens (tertiary/aromatic N) is 1. The second kappa shape index (κ2) is 3.75. The molecule has 2 nitrogen and oxygen atoms in total. The zero-order chi connectivity index (χ0) is 9.10. The standard InChI is InChI=1S/C10H9BrN2/c11-7-8-2-1-3-9(6-8)10-4-5-12-13-10/h1-6H,7H2,(H,12,13). The molecular weight excluding hydrogens is 228 g/mol. The Balaban J connectivity index is 2.41. The lowest BCUT2D eigenvalue weighted by Crippen LogP contribution is -1.81. The average Bonchev–Trinajstić information content (AvgIpc) is 2.71. The smallest absolute Gasteiger partial charge is 0.0650 e. The summed E-state index contributed by atoms with van der Waals surface area (Å²) in [5, 5.41) is 7.74. The van der Waals surface area contributed by atoms with Crippen LogP contribution >= 0.6 is 15.9 Å². The molecule has 0 unspecified atom stereocenters. The van der Waals surface area contributed by atoms with Gasteiger partial charge in [-0.1, -0.05) is 34.1 Å². The third-order valence-corrected chi connectivity index (χ3v) is 2.54. The number of hydrogen-bond donors (Lipinski definition) is 1. The monoisotopic (exact) mass is 236 g/mol. The van der Waals surface area contributed by atoms with Crippen LogP contribution in [-0.2, 0) is 5.33 Å². The lowest BCUT2D eigenvalue weighted by molar-refractivity contribution is 1.09. The lowest BCUT2D eigenvalue weighted by Gasteiger charge is -1.99. The number of H-pyrrole nitrogens is 1. The van der Waals surface area contributed by atoms with Crippen molar-refractivity contribution >= 4 is 15.9 Å². The van der Waals surface area contributed by atoms with Crippen molar-refractivity contribution in [2.45, 2.75) is 5.33 Å². The van der Waals surface area contributed by atoms with Crippen molar-refractivity contribution < 1.29 is 0 Å². The first-order valence-corrected chi connectivity index (χ1v) is 5.17. The van der Waals surface area contributed by atoms with Gasteiger partial charge in [-0.05, 0) is 23.3 Å². The Morgan fingerprint density at radius 2 is 2.23 bits per heavy atom.